The minimum atomic E-state index is -0.321. The molecule has 1 aromatic carbocycles. The van der Waals surface area contributed by atoms with E-state index in [1.54, 1.807) is 6.07 Å². The van der Waals surface area contributed by atoms with Gasteiger partial charge in [0.05, 0.1) is 0 Å². The zero-order valence-electron chi connectivity index (χ0n) is 11.6. The molecule has 3 N–H and O–H groups in total. The Bertz CT molecular complexity index is 429. The van der Waals surface area contributed by atoms with Crippen molar-refractivity contribution in [1.82, 2.24) is 0 Å². The Labute approximate surface area is 119 Å². The van der Waals surface area contributed by atoms with E-state index in [0.29, 0.717) is 17.0 Å². The number of halogens is 2. The summed E-state index contributed by atoms with van der Waals surface area (Å²) in [6, 6.07) is 4.54. The van der Waals surface area contributed by atoms with Crippen LogP contribution in [0.5, 0.6) is 0 Å². The summed E-state index contributed by atoms with van der Waals surface area (Å²) in [6.45, 7) is 5.12. The van der Waals surface area contributed by atoms with Gasteiger partial charge in [-0.05, 0) is 49.3 Å². The molecule has 0 amide bonds. The van der Waals surface area contributed by atoms with Crippen molar-refractivity contribution in [3.8, 4) is 0 Å². The highest BCUT2D eigenvalue weighted by Gasteiger charge is 2.37. The fourth-order valence-corrected chi connectivity index (χ4v) is 2.94. The number of benzene rings is 1. The van der Waals surface area contributed by atoms with Crippen molar-refractivity contribution in [2.75, 3.05) is 11.9 Å². The van der Waals surface area contributed by atoms with Gasteiger partial charge in [0.1, 0.15) is 5.82 Å². The smallest absolute Gasteiger partial charge is 0.126 e. The highest BCUT2D eigenvalue weighted by atomic mass is 35.5. The van der Waals surface area contributed by atoms with E-state index in [1.807, 2.05) is 0 Å². The fourth-order valence-electron chi connectivity index (χ4n) is 2.72. The van der Waals surface area contributed by atoms with Crippen LogP contribution in [-0.4, -0.2) is 12.1 Å². The zero-order chi connectivity index (χ0) is 14.1. The minimum absolute atomic E-state index is 0.132. The van der Waals surface area contributed by atoms with E-state index >= 15 is 0 Å². The van der Waals surface area contributed by atoms with Crippen LogP contribution >= 0.6 is 11.6 Å². The number of anilines is 1. The molecule has 0 saturated heterocycles. The molecule has 1 saturated carbocycles. The van der Waals surface area contributed by atoms with E-state index in [-0.39, 0.29) is 11.4 Å². The van der Waals surface area contributed by atoms with Gasteiger partial charge in [0, 0.05) is 22.8 Å². The molecule has 0 radical (unpaired) electrons. The summed E-state index contributed by atoms with van der Waals surface area (Å²) in [5.41, 5.74) is 6.92. The summed E-state index contributed by atoms with van der Waals surface area (Å²) in [5.74, 6) is -0.321. The predicted molar refractivity (Wildman–Crippen MR) is 79.1 cm³/mol. The molecule has 1 fully saturated rings. The van der Waals surface area contributed by atoms with Crippen molar-refractivity contribution in [2.45, 2.75) is 45.1 Å². The van der Waals surface area contributed by atoms with Crippen molar-refractivity contribution in [3.63, 3.8) is 0 Å². The topological polar surface area (TPSA) is 38.0 Å². The van der Waals surface area contributed by atoms with Gasteiger partial charge < -0.3 is 11.1 Å². The van der Waals surface area contributed by atoms with E-state index in [1.165, 1.54) is 12.1 Å². The maximum atomic E-state index is 13.4. The molecule has 4 heteroatoms. The standard InChI is InChI=1S/C15H22ClFN2/c1-14(2)3-5-15(10-18,6-4-14)19-13-8-11(16)7-12(17)9-13/h7-9,19H,3-6,10,18H2,1-2H3. The lowest BCUT2D eigenvalue weighted by molar-refractivity contribution is 0.182. The molecule has 0 spiro atoms. The Morgan fingerprint density at radius 1 is 1.21 bits per heavy atom. The summed E-state index contributed by atoms with van der Waals surface area (Å²) in [4.78, 5) is 0. The van der Waals surface area contributed by atoms with Gasteiger partial charge in [0.2, 0.25) is 0 Å². The van der Waals surface area contributed by atoms with Gasteiger partial charge in [-0.1, -0.05) is 25.4 Å². The minimum Gasteiger partial charge on any atom is -0.378 e. The third-order valence-corrected chi connectivity index (χ3v) is 4.44. The first-order chi connectivity index (χ1) is 8.84. The van der Waals surface area contributed by atoms with E-state index in [2.05, 4.69) is 19.2 Å². The second-order valence-electron chi connectivity index (χ2n) is 6.43. The van der Waals surface area contributed by atoms with Crippen LogP contribution in [-0.2, 0) is 0 Å². The molecular formula is C15H22ClFN2. The van der Waals surface area contributed by atoms with E-state index in [0.717, 1.165) is 31.4 Å². The quantitative estimate of drug-likeness (QED) is 0.873. The first-order valence-corrected chi connectivity index (χ1v) is 7.16. The lowest BCUT2D eigenvalue weighted by atomic mass is 9.69. The van der Waals surface area contributed by atoms with E-state index in [4.69, 9.17) is 17.3 Å². The molecule has 1 aliphatic carbocycles. The molecule has 0 aliphatic heterocycles. The number of nitrogens with one attached hydrogen (secondary N) is 1. The van der Waals surface area contributed by atoms with Gasteiger partial charge in [-0.2, -0.15) is 0 Å². The normalized spacial score (nSPS) is 21.1. The van der Waals surface area contributed by atoms with Crippen LogP contribution in [0.1, 0.15) is 39.5 Å². The van der Waals surface area contributed by atoms with Crippen LogP contribution in [0.2, 0.25) is 5.02 Å². The summed E-state index contributed by atoms with van der Waals surface area (Å²) < 4.78 is 13.4. The average Bonchev–Trinajstić information content (AvgIpc) is 2.31. The molecule has 19 heavy (non-hydrogen) atoms. The summed E-state index contributed by atoms with van der Waals surface area (Å²) in [7, 11) is 0. The average molecular weight is 285 g/mol. The van der Waals surface area contributed by atoms with Gasteiger partial charge in [-0.25, -0.2) is 4.39 Å². The SMILES string of the molecule is CC1(C)CCC(CN)(Nc2cc(F)cc(Cl)c2)CC1. The van der Waals surface area contributed by atoms with Gasteiger partial charge >= 0.3 is 0 Å². The first-order valence-electron chi connectivity index (χ1n) is 6.79. The van der Waals surface area contributed by atoms with Crippen molar-refractivity contribution in [3.05, 3.63) is 29.0 Å². The number of hydrogen-bond donors (Lipinski definition) is 2. The Hall–Kier alpha value is -0.800. The summed E-state index contributed by atoms with van der Waals surface area (Å²) >= 11 is 5.89. The lowest BCUT2D eigenvalue weighted by Gasteiger charge is -2.44. The third-order valence-electron chi connectivity index (χ3n) is 4.22. The molecule has 0 unspecified atom stereocenters. The zero-order valence-corrected chi connectivity index (χ0v) is 12.4. The highest BCUT2D eigenvalue weighted by molar-refractivity contribution is 6.30. The number of rotatable bonds is 3. The van der Waals surface area contributed by atoms with Crippen LogP contribution in [0, 0.1) is 11.2 Å². The Morgan fingerprint density at radius 3 is 2.37 bits per heavy atom. The Balaban J connectivity index is 2.15. The van der Waals surface area contributed by atoms with Gasteiger partial charge in [0.15, 0.2) is 0 Å². The largest absolute Gasteiger partial charge is 0.378 e. The molecule has 106 valence electrons. The van der Waals surface area contributed by atoms with Crippen LogP contribution in [0.15, 0.2) is 18.2 Å². The molecule has 0 aromatic heterocycles. The molecule has 0 bridgehead atoms. The molecule has 0 atom stereocenters. The van der Waals surface area contributed by atoms with E-state index < -0.39 is 0 Å². The third kappa shape index (κ3) is 3.61. The summed E-state index contributed by atoms with van der Waals surface area (Å²) in [6.07, 6.45) is 4.26. The molecule has 1 aromatic rings. The van der Waals surface area contributed by atoms with E-state index in [9.17, 15) is 4.39 Å². The Morgan fingerprint density at radius 2 is 1.84 bits per heavy atom. The lowest BCUT2D eigenvalue weighted by Crippen LogP contribution is -2.49. The second-order valence-corrected chi connectivity index (χ2v) is 6.87. The van der Waals surface area contributed by atoms with Crippen molar-refractivity contribution in [2.24, 2.45) is 11.1 Å². The molecular weight excluding hydrogens is 263 g/mol. The monoisotopic (exact) mass is 284 g/mol. The van der Waals surface area contributed by atoms with Crippen molar-refractivity contribution < 1.29 is 4.39 Å². The van der Waals surface area contributed by atoms with Crippen LogP contribution in [0.3, 0.4) is 0 Å². The van der Waals surface area contributed by atoms with Crippen LogP contribution in [0.4, 0.5) is 10.1 Å². The van der Waals surface area contributed by atoms with Gasteiger partial charge in [-0.15, -0.1) is 0 Å². The predicted octanol–water partition coefficient (Wildman–Crippen LogP) is 4.19. The molecule has 0 heterocycles. The van der Waals surface area contributed by atoms with Crippen LogP contribution in [0.25, 0.3) is 0 Å². The molecule has 2 nitrogen and oxygen atoms in total. The summed E-state index contributed by atoms with van der Waals surface area (Å²) in [5, 5.41) is 3.82. The van der Waals surface area contributed by atoms with Crippen LogP contribution < -0.4 is 11.1 Å². The van der Waals surface area contributed by atoms with Gasteiger partial charge in [0.25, 0.3) is 0 Å². The van der Waals surface area contributed by atoms with Crippen molar-refractivity contribution >= 4 is 17.3 Å². The number of nitrogens with two attached hydrogens (primary N) is 1. The molecule has 1 aliphatic rings. The maximum absolute atomic E-state index is 13.4. The first kappa shape index (κ1) is 14.6. The number of hydrogen-bond acceptors (Lipinski definition) is 2. The van der Waals surface area contributed by atoms with Gasteiger partial charge in [-0.3, -0.25) is 0 Å². The maximum Gasteiger partial charge on any atom is 0.126 e. The Kier molecular flexibility index (Phi) is 4.07. The highest BCUT2D eigenvalue weighted by Crippen LogP contribution is 2.41. The molecule has 2 rings (SSSR count). The second kappa shape index (κ2) is 5.29. The fraction of sp³-hybridized carbons (Fsp3) is 0.600. The van der Waals surface area contributed by atoms with Crippen molar-refractivity contribution in [1.29, 1.82) is 0 Å².